The zero-order valence-corrected chi connectivity index (χ0v) is 14.3. The summed E-state index contributed by atoms with van der Waals surface area (Å²) in [6.45, 7) is 5.64. The lowest BCUT2D eigenvalue weighted by atomic mass is 9.97. The number of aliphatic hydroxyl groups excluding tert-OH is 1. The molecule has 0 saturated carbocycles. The number of amides is 1. The molecule has 2 aromatic carbocycles. The van der Waals surface area contributed by atoms with Crippen LogP contribution in [0, 0.1) is 10.1 Å². The van der Waals surface area contributed by atoms with E-state index < -0.39 is 16.9 Å². The molecule has 1 atom stereocenters. The van der Waals surface area contributed by atoms with Gasteiger partial charge in [-0.1, -0.05) is 43.3 Å². The minimum atomic E-state index is -1.17. The highest BCUT2D eigenvalue weighted by atomic mass is 35.5. The second-order valence-corrected chi connectivity index (χ2v) is 5.77. The molecule has 0 bridgehead atoms. The molecule has 2 N–H and O–H groups in total. The second kappa shape index (κ2) is 7.92. The van der Waals surface area contributed by atoms with Gasteiger partial charge in [0, 0.05) is 34.0 Å². The summed E-state index contributed by atoms with van der Waals surface area (Å²) in [4.78, 5) is 22.5. The molecule has 0 aliphatic rings. The van der Waals surface area contributed by atoms with Crippen molar-refractivity contribution in [1.82, 2.24) is 0 Å². The van der Waals surface area contributed by atoms with Crippen LogP contribution in [0.1, 0.15) is 24.5 Å². The van der Waals surface area contributed by atoms with Gasteiger partial charge in [-0.3, -0.25) is 14.9 Å². The monoisotopic (exact) mass is 360 g/mol. The zero-order chi connectivity index (χ0) is 18.6. The molecule has 7 heteroatoms. The molecule has 130 valence electrons. The number of benzene rings is 2. The van der Waals surface area contributed by atoms with Crippen LogP contribution < -0.4 is 5.32 Å². The first-order valence-corrected chi connectivity index (χ1v) is 7.94. The number of nitro groups is 1. The summed E-state index contributed by atoms with van der Waals surface area (Å²) >= 11 is 6.18. The van der Waals surface area contributed by atoms with Crippen molar-refractivity contribution in [3.05, 3.63) is 75.3 Å². The van der Waals surface area contributed by atoms with E-state index in [9.17, 15) is 20.0 Å². The molecular formula is C18H17ClN2O4. The zero-order valence-electron chi connectivity index (χ0n) is 13.5. The minimum absolute atomic E-state index is 0.141. The number of non-ortho nitro benzene ring substituents is 1. The molecule has 0 aliphatic carbocycles. The molecule has 0 aromatic heterocycles. The van der Waals surface area contributed by atoms with Crippen molar-refractivity contribution in [3.63, 3.8) is 0 Å². The SMILES string of the molecule is C=C(c1ccccc1Cl)c1cc([N+](=O)[O-])ccc1NC(=O)C(O)CC. The average Bonchev–Trinajstić information content (AvgIpc) is 2.60. The van der Waals surface area contributed by atoms with Gasteiger partial charge >= 0.3 is 0 Å². The van der Waals surface area contributed by atoms with E-state index in [2.05, 4.69) is 11.9 Å². The summed E-state index contributed by atoms with van der Waals surface area (Å²) in [5.41, 5.74) is 1.55. The Bertz CT molecular complexity index is 836. The van der Waals surface area contributed by atoms with E-state index in [-0.39, 0.29) is 12.1 Å². The van der Waals surface area contributed by atoms with Gasteiger partial charge in [-0.05, 0) is 24.1 Å². The van der Waals surface area contributed by atoms with Crippen LogP contribution in [0.15, 0.2) is 49.0 Å². The van der Waals surface area contributed by atoms with Crippen LogP contribution in [0.3, 0.4) is 0 Å². The van der Waals surface area contributed by atoms with Crippen molar-refractivity contribution in [2.24, 2.45) is 0 Å². The van der Waals surface area contributed by atoms with E-state index in [4.69, 9.17) is 11.6 Å². The van der Waals surface area contributed by atoms with Crippen LogP contribution in [-0.4, -0.2) is 22.0 Å². The Morgan fingerprint density at radius 3 is 2.60 bits per heavy atom. The van der Waals surface area contributed by atoms with E-state index >= 15 is 0 Å². The molecule has 2 rings (SSSR count). The fourth-order valence-corrected chi connectivity index (χ4v) is 2.51. The maximum Gasteiger partial charge on any atom is 0.270 e. The van der Waals surface area contributed by atoms with E-state index in [1.165, 1.54) is 18.2 Å². The Morgan fingerprint density at radius 1 is 1.32 bits per heavy atom. The van der Waals surface area contributed by atoms with Gasteiger partial charge < -0.3 is 10.4 Å². The number of nitro benzene ring substituents is 1. The molecular weight excluding hydrogens is 344 g/mol. The van der Waals surface area contributed by atoms with Gasteiger partial charge in [-0.15, -0.1) is 0 Å². The first-order valence-electron chi connectivity index (χ1n) is 7.56. The molecule has 0 spiro atoms. The van der Waals surface area contributed by atoms with Gasteiger partial charge in [-0.2, -0.15) is 0 Å². The molecule has 0 heterocycles. The average molecular weight is 361 g/mol. The number of halogens is 1. The van der Waals surface area contributed by atoms with E-state index in [0.717, 1.165) is 0 Å². The van der Waals surface area contributed by atoms with E-state index in [0.29, 0.717) is 27.4 Å². The van der Waals surface area contributed by atoms with Crippen LogP contribution >= 0.6 is 11.6 Å². The minimum Gasteiger partial charge on any atom is -0.383 e. The largest absolute Gasteiger partial charge is 0.383 e. The number of nitrogens with zero attached hydrogens (tertiary/aromatic N) is 1. The van der Waals surface area contributed by atoms with E-state index in [1.54, 1.807) is 31.2 Å². The number of anilines is 1. The smallest absolute Gasteiger partial charge is 0.270 e. The summed E-state index contributed by atoms with van der Waals surface area (Å²) in [5.74, 6) is -0.593. The number of aliphatic hydroxyl groups is 1. The Hall–Kier alpha value is -2.70. The Labute approximate surface area is 149 Å². The number of carbonyl (C=O) groups excluding carboxylic acids is 1. The van der Waals surface area contributed by atoms with Gasteiger partial charge in [0.2, 0.25) is 0 Å². The maximum absolute atomic E-state index is 12.0. The second-order valence-electron chi connectivity index (χ2n) is 5.36. The lowest BCUT2D eigenvalue weighted by Gasteiger charge is -2.16. The number of hydrogen-bond donors (Lipinski definition) is 2. The molecule has 1 amide bonds. The van der Waals surface area contributed by atoms with Gasteiger partial charge in [0.1, 0.15) is 6.10 Å². The lowest BCUT2D eigenvalue weighted by molar-refractivity contribution is -0.384. The first kappa shape index (κ1) is 18.6. The third-order valence-corrected chi connectivity index (χ3v) is 4.01. The summed E-state index contributed by atoms with van der Waals surface area (Å²) in [6, 6.07) is 10.9. The third kappa shape index (κ3) is 4.23. The standard InChI is InChI=1S/C18H17ClN2O4/c1-3-17(22)18(23)20-16-9-8-12(21(24)25)10-14(16)11(2)13-6-4-5-7-15(13)19/h4-10,17,22H,2-3H2,1H3,(H,20,23). The van der Waals surface area contributed by atoms with Crippen LogP contribution in [0.2, 0.25) is 5.02 Å². The molecule has 2 aromatic rings. The number of hydrogen-bond acceptors (Lipinski definition) is 4. The van der Waals surface area contributed by atoms with Crippen LogP contribution in [-0.2, 0) is 4.79 Å². The topological polar surface area (TPSA) is 92.5 Å². The predicted molar refractivity (Wildman–Crippen MR) is 97.6 cm³/mol. The van der Waals surface area contributed by atoms with Gasteiger partial charge in [0.25, 0.3) is 11.6 Å². The fraction of sp³-hybridized carbons (Fsp3) is 0.167. The molecule has 0 radical (unpaired) electrons. The van der Waals surface area contributed by atoms with Crippen molar-refractivity contribution in [1.29, 1.82) is 0 Å². The Morgan fingerprint density at radius 2 is 2.00 bits per heavy atom. The maximum atomic E-state index is 12.0. The highest BCUT2D eigenvalue weighted by Gasteiger charge is 2.19. The van der Waals surface area contributed by atoms with Crippen molar-refractivity contribution < 1.29 is 14.8 Å². The molecule has 0 aliphatic heterocycles. The number of nitrogens with one attached hydrogen (secondary N) is 1. The van der Waals surface area contributed by atoms with Crippen molar-refractivity contribution in [2.45, 2.75) is 19.4 Å². The van der Waals surface area contributed by atoms with E-state index in [1.807, 2.05) is 0 Å². The highest BCUT2D eigenvalue weighted by Crippen LogP contribution is 2.34. The van der Waals surface area contributed by atoms with Crippen LogP contribution in [0.5, 0.6) is 0 Å². The first-order chi connectivity index (χ1) is 11.8. The predicted octanol–water partition coefficient (Wildman–Crippen LogP) is 4.02. The summed E-state index contributed by atoms with van der Waals surface area (Å²) in [7, 11) is 0. The quantitative estimate of drug-likeness (QED) is 0.601. The third-order valence-electron chi connectivity index (χ3n) is 3.69. The normalized spacial score (nSPS) is 11.6. The van der Waals surface area contributed by atoms with Crippen LogP contribution in [0.4, 0.5) is 11.4 Å². The molecule has 25 heavy (non-hydrogen) atoms. The van der Waals surface area contributed by atoms with Gasteiger partial charge in [0.15, 0.2) is 0 Å². The van der Waals surface area contributed by atoms with Crippen molar-refractivity contribution in [2.75, 3.05) is 5.32 Å². The molecule has 6 nitrogen and oxygen atoms in total. The molecule has 1 unspecified atom stereocenters. The van der Waals surface area contributed by atoms with Crippen LogP contribution in [0.25, 0.3) is 5.57 Å². The molecule has 0 saturated heterocycles. The Kier molecular flexibility index (Phi) is 5.90. The summed E-state index contributed by atoms with van der Waals surface area (Å²) in [6.07, 6.45) is -0.920. The number of carbonyl (C=O) groups is 1. The highest BCUT2D eigenvalue weighted by molar-refractivity contribution is 6.32. The fourth-order valence-electron chi connectivity index (χ4n) is 2.26. The van der Waals surface area contributed by atoms with Gasteiger partial charge in [-0.25, -0.2) is 0 Å². The summed E-state index contributed by atoms with van der Waals surface area (Å²) < 4.78 is 0. The molecule has 0 fully saturated rings. The lowest BCUT2D eigenvalue weighted by Crippen LogP contribution is -2.27. The Balaban J connectivity index is 2.51. The summed E-state index contributed by atoms with van der Waals surface area (Å²) in [5, 5.41) is 23.8. The number of rotatable bonds is 6. The van der Waals surface area contributed by atoms with Crippen molar-refractivity contribution in [3.8, 4) is 0 Å². The van der Waals surface area contributed by atoms with Gasteiger partial charge in [0.05, 0.1) is 4.92 Å². The van der Waals surface area contributed by atoms with Crippen molar-refractivity contribution >= 4 is 34.5 Å².